The largest absolute Gasteiger partial charge is 0.377 e. The second-order valence-electron chi connectivity index (χ2n) is 4.16. The lowest BCUT2D eigenvalue weighted by Crippen LogP contribution is -2.24. The normalized spacial score (nSPS) is 10.1. The molecule has 0 aliphatic heterocycles. The fraction of sp³-hybridized carbons (Fsp3) is 0.214. The van der Waals surface area contributed by atoms with E-state index in [0.717, 1.165) is 11.3 Å². The van der Waals surface area contributed by atoms with E-state index in [0.29, 0.717) is 16.7 Å². The van der Waals surface area contributed by atoms with Crippen LogP contribution in [-0.2, 0) is 13.1 Å². The number of anilines is 1. The van der Waals surface area contributed by atoms with E-state index in [-0.39, 0.29) is 12.1 Å². The van der Waals surface area contributed by atoms with Crippen LogP contribution in [0.4, 0.5) is 5.69 Å². The van der Waals surface area contributed by atoms with Gasteiger partial charge in [0.1, 0.15) is 11.0 Å². The molecule has 6 heteroatoms. The van der Waals surface area contributed by atoms with Gasteiger partial charge in [-0.3, -0.25) is 9.78 Å². The molecule has 5 nitrogen and oxygen atoms in total. The Bertz CT molecular complexity index is 718. The molecule has 2 heterocycles. The van der Waals surface area contributed by atoms with Crippen LogP contribution in [0.3, 0.4) is 0 Å². The van der Waals surface area contributed by atoms with Crippen LogP contribution in [0.1, 0.15) is 11.3 Å². The fourth-order valence-electron chi connectivity index (χ4n) is 1.67. The summed E-state index contributed by atoms with van der Waals surface area (Å²) in [7, 11) is 0. The number of aromatic nitrogens is 3. The molecule has 0 saturated heterocycles. The summed E-state index contributed by atoms with van der Waals surface area (Å²) < 4.78 is 1.64. The monoisotopic (exact) mass is 332 g/mol. The molecule has 0 spiro atoms. The average molecular weight is 333 g/mol. The van der Waals surface area contributed by atoms with Crippen molar-refractivity contribution in [2.24, 2.45) is 0 Å². The Labute approximate surface area is 125 Å². The van der Waals surface area contributed by atoms with Crippen molar-refractivity contribution in [3.8, 4) is 12.3 Å². The fourth-order valence-corrected chi connectivity index (χ4v) is 2.12. The van der Waals surface area contributed by atoms with Crippen LogP contribution in [0, 0.1) is 19.3 Å². The highest BCUT2D eigenvalue weighted by Gasteiger charge is 2.08. The third kappa shape index (κ3) is 3.06. The Morgan fingerprint density at radius 2 is 2.35 bits per heavy atom. The van der Waals surface area contributed by atoms with Crippen LogP contribution in [0.5, 0.6) is 0 Å². The van der Waals surface area contributed by atoms with E-state index in [1.54, 1.807) is 12.4 Å². The van der Waals surface area contributed by atoms with Crippen molar-refractivity contribution in [2.45, 2.75) is 20.0 Å². The molecule has 0 aliphatic rings. The third-order valence-corrected chi connectivity index (χ3v) is 3.56. The lowest BCUT2D eigenvalue weighted by molar-refractivity contribution is 0.659. The molecule has 2 aromatic rings. The van der Waals surface area contributed by atoms with Gasteiger partial charge in [-0.1, -0.05) is 12.0 Å². The Hall–Kier alpha value is -2.13. The first-order valence-electron chi connectivity index (χ1n) is 5.97. The molecule has 0 aliphatic carbocycles. The molecule has 1 N–H and O–H groups in total. The van der Waals surface area contributed by atoms with Gasteiger partial charge in [-0.2, -0.15) is 5.10 Å². The Kier molecular flexibility index (Phi) is 4.53. The minimum Gasteiger partial charge on any atom is -0.377 e. The molecule has 20 heavy (non-hydrogen) atoms. The predicted octanol–water partition coefficient (Wildman–Crippen LogP) is 1.95. The molecular weight excluding hydrogens is 320 g/mol. The van der Waals surface area contributed by atoms with Crippen molar-refractivity contribution < 1.29 is 0 Å². The molecule has 0 fully saturated rings. The summed E-state index contributed by atoms with van der Waals surface area (Å²) in [4.78, 5) is 16.2. The molecule has 2 rings (SSSR count). The highest BCUT2D eigenvalue weighted by Crippen LogP contribution is 2.17. The van der Waals surface area contributed by atoms with Crippen molar-refractivity contribution in [3.63, 3.8) is 0 Å². The smallest absolute Gasteiger partial charge is 0.284 e. The maximum absolute atomic E-state index is 12.0. The van der Waals surface area contributed by atoms with E-state index in [2.05, 4.69) is 37.2 Å². The van der Waals surface area contributed by atoms with Crippen LogP contribution in [0.15, 0.2) is 33.8 Å². The Morgan fingerprint density at radius 3 is 3.05 bits per heavy atom. The summed E-state index contributed by atoms with van der Waals surface area (Å²) in [6.45, 7) is 2.66. The molecule has 0 bridgehead atoms. The molecule has 0 radical (unpaired) electrons. The van der Waals surface area contributed by atoms with Crippen molar-refractivity contribution in [2.75, 3.05) is 5.32 Å². The van der Waals surface area contributed by atoms with Gasteiger partial charge in [0.2, 0.25) is 0 Å². The topological polar surface area (TPSA) is 59.8 Å². The van der Waals surface area contributed by atoms with E-state index in [1.807, 2.05) is 19.1 Å². The van der Waals surface area contributed by atoms with Crippen LogP contribution in [0.2, 0.25) is 0 Å². The molecular formula is C14H13BrN4O. The van der Waals surface area contributed by atoms with Crippen LogP contribution in [0.25, 0.3) is 0 Å². The summed E-state index contributed by atoms with van der Waals surface area (Å²) in [5, 5.41) is 7.16. The molecule has 102 valence electrons. The van der Waals surface area contributed by atoms with Crippen molar-refractivity contribution in [3.05, 3.63) is 50.6 Å². The van der Waals surface area contributed by atoms with Gasteiger partial charge >= 0.3 is 0 Å². The summed E-state index contributed by atoms with van der Waals surface area (Å²) in [5.41, 5.74) is 2.37. The van der Waals surface area contributed by atoms with E-state index >= 15 is 0 Å². The van der Waals surface area contributed by atoms with Gasteiger partial charge in [0, 0.05) is 6.20 Å². The van der Waals surface area contributed by atoms with Gasteiger partial charge in [-0.25, -0.2) is 4.68 Å². The first kappa shape index (κ1) is 14.3. The highest BCUT2D eigenvalue weighted by atomic mass is 79.9. The molecule has 0 unspecified atom stereocenters. The molecule has 0 saturated carbocycles. The summed E-state index contributed by atoms with van der Waals surface area (Å²) >= 11 is 3.27. The van der Waals surface area contributed by atoms with Gasteiger partial charge in [0.15, 0.2) is 0 Å². The molecule has 0 atom stereocenters. The zero-order valence-electron chi connectivity index (χ0n) is 10.9. The summed E-state index contributed by atoms with van der Waals surface area (Å²) in [6, 6.07) is 3.87. The zero-order valence-corrected chi connectivity index (χ0v) is 12.5. The highest BCUT2D eigenvalue weighted by molar-refractivity contribution is 9.10. The Morgan fingerprint density at radius 1 is 1.55 bits per heavy atom. The van der Waals surface area contributed by atoms with Gasteiger partial charge < -0.3 is 5.32 Å². The molecule has 0 amide bonds. The average Bonchev–Trinajstić information content (AvgIpc) is 2.45. The SMILES string of the molecule is C#CCn1ncc(NCc2ncccc2C)c(Br)c1=O. The van der Waals surface area contributed by atoms with Gasteiger partial charge in [-0.15, -0.1) is 6.42 Å². The van der Waals surface area contributed by atoms with Gasteiger partial charge in [0.05, 0.1) is 24.1 Å². The van der Waals surface area contributed by atoms with Crippen molar-refractivity contribution in [1.29, 1.82) is 0 Å². The predicted molar refractivity (Wildman–Crippen MR) is 81.3 cm³/mol. The molecule has 0 aromatic carbocycles. The molecule has 2 aromatic heterocycles. The number of pyridine rings is 1. The second-order valence-corrected chi connectivity index (χ2v) is 4.95. The second kappa shape index (κ2) is 6.35. The number of hydrogen-bond donors (Lipinski definition) is 1. The third-order valence-electron chi connectivity index (χ3n) is 2.79. The Balaban J connectivity index is 2.19. The number of terminal acetylenes is 1. The van der Waals surface area contributed by atoms with E-state index in [9.17, 15) is 4.79 Å². The number of rotatable bonds is 4. The standard InChI is InChI=1S/C14H13BrN4O/c1-3-7-19-14(20)13(15)12(9-18-19)17-8-11-10(2)5-4-6-16-11/h1,4-6,9,17H,7-8H2,2H3. The summed E-state index contributed by atoms with van der Waals surface area (Å²) in [6.07, 6.45) is 8.49. The lowest BCUT2D eigenvalue weighted by atomic mass is 10.2. The number of hydrogen-bond acceptors (Lipinski definition) is 4. The lowest BCUT2D eigenvalue weighted by Gasteiger charge is -2.10. The van der Waals surface area contributed by atoms with Crippen molar-refractivity contribution in [1.82, 2.24) is 14.8 Å². The first-order valence-corrected chi connectivity index (χ1v) is 6.76. The van der Waals surface area contributed by atoms with Crippen LogP contribution < -0.4 is 10.9 Å². The van der Waals surface area contributed by atoms with Gasteiger partial charge in [0.25, 0.3) is 5.56 Å². The zero-order chi connectivity index (χ0) is 14.5. The van der Waals surface area contributed by atoms with Crippen LogP contribution in [-0.4, -0.2) is 14.8 Å². The van der Waals surface area contributed by atoms with Gasteiger partial charge in [-0.05, 0) is 34.5 Å². The first-order chi connectivity index (χ1) is 9.63. The number of halogens is 1. The van der Waals surface area contributed by atoms with E-state index in [4.69, 9.17) is 6.42 Å². The van der Waals surface area contributed by atoms with Crippen LogP contribution >= 0.6 is 15.9 Å². The maximum atomic E-state index is 12.0. The minimum absolute atomic E-state index is 0.150. The van der Waals surface area contributed by atoms with E-state index in [1.165, 1.54) is 4.68 Å². The maximum Gasteiger partial charge on any atom is 0.284 e. The van der Waals surface area contributed by atoms with Crippen molar-refractivity contribution >= 4 is 21.6 Å². The quantitative estimate of drug-likeness (QED) is 0.869. The minimum atomic E-state index is -0.259. The number of aryl methyl sites for hydroxylation is 1. The van der Waals surface area contributed by atoms with E-state index < -0.39 is 0 Å². The number of nitrogens with zero attached hydrogens (tertiary/aromatic N) is 3. The number of nitrogens with one attached hydrogen (secondary N) is 1. The summed E-state index contributed by atoms with van der Waals surface area (Å²) in [5.74, 6) is 2.39.